The van der Waals surface area contributed by atoms with Crippen molar-refractivity contribution in [2.45, 2.75) is 38.3 Å². The molecule has 1 aromatic carbocycles. The Kier molecular flexibility index (Phi) is 6.16. The van der Waals surface area contributed by atoms with Crippen LogP contribution in [0, 0.1) is 0 Å². The summed E-state index contributed by atoms with van der Waals surface area (Å²) in [4.78, 5) is 7.49. The molecule has 1 aliphatic carbocycles. The van der Waals surface area contributed by atoms with Gasteiger partial charge in [0.15, 0.2) is 0 Å². The molecule has 1 saturated heterocycles. The van der Waals surface area contributed by atoms with Gasteiger partial charge in [0.25, 0.3) is 0 Å². The number of benzene rings is 1. The molecule has 5 nitrogen and oxygen atoms in total. The Bertz CT molecular complexity index is 851. The largest absolute Gasteiger partial charge is 0.497 e. The van der Waals surface area contributed by atoms with E-state index < -0.39 is 0 Å². The van der Waals surface area contributed by atoms with E-state index in [1.165, 1.54) is 22.4 Å². The molecule has 2 atom stereocenters. The first kappa shape index (κ1) is 19.9. The molecule has 0 saturated carbocycles. The van der Waals surface area contributed by atoms with E-state index in [1.807, 2.05) is 12.1 Å². The highest BCUT2D eigenvalue weighted by Crippen LogP contribution is 2.29. The van der Waals surface area contributed by atoms with Gasteiger partial charge in [-0.25, -0.2) is 4.99 Å². The molecule has 2 aliphatic heterocycles. The minimum absolute atomic E-state index is 0.301. The average molecular weight is 394 g/mol. The third-order valence-corrected chi connectivity index (χ3v) is 6.12. The van der Waals surface area contributed by atoms with Crippen LogP contribution in [0.3, 0.4) is 0 Å². The summed E-state index contributed by atoms with van der Waals surface area (Å²) in [5.41, 5.74) is 5.27. The van der Waals surface area contributed by atoms with E-state index in [-0.39, 0.29) is 0 Å². The summed E-state index contributed by atoms with van der Waals surface area (Å²) in [5, 5.41) is 3.68. The Morgan fingerprint density at radius 1 is 1.07 bits per heavy atom. The molecule has 0 amide bonds. The van der Waals surface area contributed by atoms with Gasteiger partial charge in [0, 0.05) is 25.7 Å². The highest BCUT2D eigenvalue weighted by molar-refractivity contribution is 6.05. The quantitative estimate of drug-likeness (QED) is 0.821. The number of ether oxygens (including phenoxy) is 2. The molecule has 0 bridgehead atoms. The fourth-order valence-corrected chi connectivity index (χ4v) is 4.37. The smallest absolute Gasteiger partial charge is 0.209 e. The van der Waals surface area contributed by atoms with Crippen LogP contribution in [-0.4, -0.2) is 50.5 Å². The van der Waals surface area contributed by atoms with Crippen LogP contribution >= 0.6 is 0 Å². The monoisotopic (exact) mass is 393 g/mol. The zero-order chi connectivity index (χ0) is 20.2. The lowest BCUT2D eigenvalue weighted by molar-refractivity contribution is 0.173. The van der Waals surface area contributed by atoms with Crippen LogP contribution < -0.4 is 10.1 Å². The topological polar surface area (TPSA) is 46.1 Å². The van der Waals surface area contributed by atoms with Gasteiger partial charge in [0.1, 0.15) is 5.75 Å². The van der Waals surface area contributed by atoms with E-state index in [9.17, 15) is 0 Å². The summed E-state index contributed by atoms with van der Waals surface area (Å²) < 4.78 is 10.8. The van der Waals surface area contributed by atoms with Gasteiger partial charge in [-0.05, 0) is 55.5 Å². The fraction of sp³-hybridized carbons (Fsp3) is 0.458. The first-order valence-corrected chi connectivity index (χ1v) is 10.5. The number of rotatable bonds is 5. The SMILES string of the molecule is COC1=CCC(N2CCNC(c3ccc(OC)cc3)C2)C(C2=CC=C(C)CC2)=N1. The van der Waals surface area contributed by atoms with Crippen LogP contribution in [0.15, 0.2) is 64.5 Å². The summed E-state index contributed by atoms with van der Waals surface area (Å²) in [5.74, 6) is 1.64. The molecule has 154 valence electrons. The number of nitrogens with one attached hydrogen (secondary N) is 1. The minimum Gasteiger partial charge on any atom is -0.497 e. The lowest BCUT2D eigenvalue weighted by Gasteiger charge is -2.40. The van der Waals surface area contributed by atoms with Gasteiger partial charge >= 0.3 is 0 Å². The van der Waals surface area contributed by atoms with E-state index >= 15 is 0 Å². The van der Waals surface area contributed by atoms with Crippen LogP contribution in [0.1, 0.15) is 37.8 Å². The number of hydrogen-bond donors (Lipinski definition) is 1. The molecular weight excluding hydrogens is 362 g/mol. The highest BCUT2D eigenvalue weighted by Gasteiger charge is 2.32. The van der Waals surface area contributed by atoms with Crippen molar-refractivity contribution >= 4 is 5.71 Å². The Balaban J connectivity index is 1.55. The zero-order valence-electron chi connectivity index (χ0n) is 17.6. The summed E-state index contributed by atoms with van der Waals surface area (Å²) in [7, 11) is 3.41. The van der Waals surface area contributed by atoms with Crippen LogP contribution in [0.4, 0.5) is 0 Å². The van der Waals surface area contributed by atoms with Crippen molar-refractivity contribution in [1.29, 1.82) is 0 Å². The molecule has 4 rings (SSSR count). The van der Waals surface area contributed by atoms with Crippen molar-refractivity contribution in [2.75, 3.05) is 33.9 Å². The van der Waals surface area contributed by atoms with Crippen LogP contribution in [0.5, 0.6) is 5.75 Å². The van der Waals surface area contributed by atoms with Crippen molar-refractivity contribution in [2.24, 2.45) is 4.99 Å². The summed E-state index contributed by atoms with van der Waals surface area (Å²) in [6.07, 6.45) is 9.73. The molecule has 5 heteroatoms. The van der Waals surface area contributed by atoms with Crippen molar-refractivity contribution < 1.29 is 9.47 Å². The third kappa shape index (κ3) is 4.46. The second-order valence-electron chi connectivity index (χ2n) is 7.97. The predicted molar refractivity (Wildman–Crippen MR) is 117 cm³/mol. The maximum Gasteiger partial charge on any atom is 0.209 e. The third-order valence-electron chi connectivity index (χ3n) is 6.12. The first-order chi connectivity index (χ1) is 14.2. The van der Waals surface area contributed by atoms with Gasteiger partial charge in [-0.3, -0.25) is 4.90 Å². The van der Waals surface area contributed by atoms with Crippen molar-refractivity contribution in [3.8, 4) is 5.75 Å². The Hall–Kier alpha value is -2.37. The zero-order valence-corrected chi connectivity index (χ0v) is 17.6. The summed E-state index contributed by atoms with van der Waals surface area (Å²) >= 11 is 0. The number of piperazine rings is 1. The lowest BCUT2D eigenvalue weighted by Crippen LogP contribution is -2.53. The summed E-state index contributed by atoms with van der Waals surface area (Å²) in [6, 6.07) is 9.02. The Morgan fingerprint density at radius 2 is 1.90 bits per heavy atom. The number of hydrogen-bond acceptors (Lipinski definition) is 5. The van der Waals surface area contributed by atoms with Gasteiger partial charge in [0.2, 0.25) is 5.88 Å². The number of methoxy groups -OCH3 is 2. The predicted octanol–water partition coefficient (Wildman–Crippen LogP) is 4.01. The number of nitrogens with zero attached hydrogens (tertiary/aromatic N) is 2. The molecule has 1 aromatic rings. The molecule has 3 aliphatic rings. The minimum atomic E-state index is 0.301. The van der Waals surface area contributed by atoms with E-state index in [1.54, 1.807) is 14.2 Å². The lowest BCUT2D eigenvalue weighted by atomic mass is 9.89. The highest BCUT2D eigenvalue weighted by atomic mass is 16.5. The number of aliphatic imine (C=N–C) groups is 1. The maximum absolute atomic E-state index is 5.47. The first-order valence-electron chi connectivity index (χ1n) is 10.5. The van der Waals surface area contributed by atoms with E-state index in [2.05, 4.69) is 47.5 Å². The summed E-state index contributed by atoms with van der Waals surface area (Å²) in [6.45, 7) is 5.16. The van der Waals surface area contributed by atoms with E-state index in [0.29, 0.717) is 12.1 Å². The number of allylic oxidation sites excluding steroid dienone is 3. The van der Waals surface area contributed by atoms with Gasteiger partial charge in [0.05, 0.1) is 26.0 Å². The van der Waals surface area contributed by atoms with Crippen molar-refractivity contribution in [3.05, 3.63) is 65.1 Å². The van der Waals surface area contributed by atoms with Crippen molar-refractivity contribution in [1.82, 2.24) is 10.2 Å². The van der Waals surface area contributed by atoms with Gasteiger partial charge in [-0.1, -0.05) is 29.9 Å². The van der Waals surface area contributed by atoms with Crippen molar-refractivity contribution in [3.63, 3.8) is 0 Å². The molecular formula is C24H31N3O2. The van der Waals surface area contributed by atoms with E-state index in [0.717, 1.165) is 50.5 Å². The standard InChI is InChI=1S/C24H31N3O2/c1-17-4-6-19(7-5-17)24-22(12-13-23(26-24)29-3)27-15-14-25-21(16-27)18-8-10-20(28-2)11-9-18/h4,6,8-11,13,21-22,25H,5,7,12,14-16H2,1-3H3. The Morgan fingerprint density at radius 3 is 2.59 bits per heavy atom. The average Bonchev–Trinajstić information content (AvgIpc) is 2.79. The van der Waals surface area contributed by atoms with Gasteiger partial charge in [-0.2, -0.15) is 0 Å². The van der Waals surface area contributed by atoms with E-state index in [4.69, 9.17) is 14.5 Å². The molecule has 1 fully saturated rings. The molecule has 1 N–H and O–H groups in total. The molecule has 2 heterocycles. The maximum atomic E-state index is 5.47. The van der Waals surface area contributed by atoms with Gasteiger partial charge in [-0.15, -0.1) is 0 Å². The molecule has 0 aromatic heterocycles. The van der Waals surface area contributed by atoms with Crippen LogP contribution in [0.2, 0.25) is 0 Å². The second-order valence-corrected chi connectivity index (χ2v) is 7.97. The fourth-order valence-electron chi connectivity index (χ4n) is 4.37. The molecule has 0 spiro atoms. The van der Waals surface area contributed by atoms with Crippen LogP contribution in [0.25, 0.3) is 0 Å². The van der Waals surface area contributed by atoms with Gasteiger partial charge < -0.3 is 14.8 Å². The second kappa shape index (κ2) is 8.97. The molecule has 2 unspecified atom stereocenters. The normalized spacial score (nSPS) is 25.5. The molecule has 0 radical (unpaired) electrons. The molecule has 29 heavy (non-hydrogen) atoms. The Labute approximate surface area is 173 Å². The van der Waals surface area contributed by atoms with Crippen LogP contribution in [-0.2, 0) is 4.74 Å².